The van der Waals surface area contributed by atoms with E-state index in [0.717, 1.165) is 0 Å². The number of rotatable bonds is 5. The molecule has 0 aliphatic carbocycles. The summed E-state index contributed by atoms with van der Waals surface area (Å²) in [4.78, 5) is 15.3. The molecule has 0 spiro atoms. The van der Waals surface area contributed by atoms with E-state index in [9.17, 15) is 4.79 Å². The number of aromatic amines is 1. The van der Waals surface area contributed by atoms with Crippen molar-refractivity contribution in [1.29, 1.82) is 0 Å². The van der Waals surface area contributed by atoms with Crippen LogP contribution in [0.2, 0.25) is 0 Å². The molecule has 2 N–H and O–H groups in total. The van der Waals surface area contributed by atoms with Crippen LogP contribution in [-0.4, -0.2) is 44.6 Å². The molecule has 8 nitrogen and oxygen atoms in total. The molecule has 0 atom stereocenters. The molecule has 2 aromatic heterocycles. The zero-order valence-corrected chi connectivity index (χ0v) is 9.25. The predicted molar refractivity (Wildman–Crippen MR) is 58.4 cm³/mol. The van der Waals surface area contributed by atoms with Gasteiger partial charge in [0, 0.05) is 13.3 Å². The first-order valence-electron chi connectivity index (χ1n) is 4.97. The maximum absolute atomic E-state index is 11.6. The lowest BCUT2D eigenvalue weighted by Crippen LogP contribution is -2.13. The maximum atomic E-state index is 11.6. The summed E-state index contributed by atoms with van der Waals surface area (Å²) in [6, 6.07) is 0. The number of amides is 1. The summed E-state index contributed by atoms with van der Waals surface area (Å²) >= 11 is 0. The summed E-state index contributed by atoms with van der Waals surface area (Å²) < 4.78 is 6.60. The highest BCUT2D eigenvalue weighted by atomic mass is 16.5. The Hall–Kier alpha value is -2.22. The minimum absolute atomic E-state index is 0.162. The fourth-order valence-electron chi connectivity index (χ4n) is 1.24. The zero-order valence-electron chi connectivity index (χ0n) is 9.25. The van der Waals surface area contributed by atoms with Crippen molar-refractivity contribution in [3.63, 3.8) is 0 Å². The molecule has 0 aliphatic heterocycles. The number of anilines is 1. The van der Waals surface area contributed by atoms with Gasteiger partial charge < -0.3 is 10.1 Å². The molecule has 0 saturated carbocycles. The number of nitrogens with one attached hydrogen (secondary N) is 2. The summed E-state index contributed by atoms with van der Waals surface area (Å²) in [6.45, 7) is 1.20. The van der Waals surface area contributed by atoms with Gasteiger partial charge in [0.25, 0.3) is 5.91 Å². The quantitative estimate of drug-likeness (QED) is 0.755. The highest BCUT2D eigenvalue weighted by molar-refractivity contribution is 6.01. The standard InChI is InChI=1S/C9H12N6O2/c1-17-3-2-15-5-7(4-12-15)13-9(16)8-10-6-11-14-8/h4-6H,2-3H2,1H3,(H,13,16)(H,10,11,14). The monoisotopic (exact) mass is 236 g/mol. The number of nitrogens with zero attached hydrogens (tertiary/aromatic N) is 4. The van der Waals surface area contributed by atoms with Gasteiger partial charge in [0.1, 0.15) is 6.33 Å². The SMILES string of the molecule is COCCn1cc(NC(=O)c2ncn[nH]2)cn1. The second-order valence-electron chi connectivity index (χ2n) is 3.27. The van der Waals surface area contributed by atoms with Gasteiger partial charge in [-0.25, -0.2) is 4.98 Å². The van der Waals surface area contributed by atoms with Gasteiger partial charge in [-0.05, 0) is 0 Å². The average Bonchev–Trinajstić information content (AvgIpc) is 2.97. The molecular weight excluding hydrogens is 224 g/mol. The van der Waals surface area contributed by atoms with E-state index >= 15 is 0 Å². The first-order valence-corrected chi connectivity index (χ1v) is 4.97. The number of aromatic nitrogens is 5. The highest BCUT2D eigenvalue weighted by Gasteiger charge is 2.09. The number of hydrogen-bond donors (Lipinski definition) is 2. The summed E-state index contributed by atoms with van der Waals surface area (Å²) in [6.07, 6.45) is 4.55. The minimum Gasteiger partial charge on any atom is -0.383 e. The Bertz CT molecular complexity index is 477. The van der Waals surface area contributed by atoms with Gasteiger partial charge in [-0.3, -0.25) is 14.6 Å². The van der Waals surface area contributed by atoms with Crippen LogP contribution in [0, 0.1) is 0 Å². The zero-order chi connectivity index (χ0) is 12.1. The molecule has 0 bridgehead atoms. The van der Waals surface area contributed by atoms with Crippen LogP contribution in [0.1, 0.15) is 10.6 Å². The van der Waals surface area contributed by atoms with E-state index in [-0.39, 0.29) is 11.7 Å². The third-order valence-corrected chi connectivity index (χ3v) is 2.05. The van der Waals surface area contributed by atoms with Crippen molar-refractivity contribution in [2.24, 2.45) is 0 Å². The number of methoxy groups -OCH3 is 1. The molecule has 8 heteroatoms. The molecule has 1 amide bonds. The maximum Gasteiger partial charge on any atom is 0.293 e. The molecule has 0 fully saturated rings. The molecular formula is C9H12N6O2. The Kier molecular flexibility index (Phi) is 3.46. The van der Waals surface area contributed by atoms with Crippen molar-refractivity contribution in [3.8, 4) is 0 Å². The average molecular weight is 236 g/mol. The van der Waals surface area contributed by atoms with Crippen LogP contribution in [0.4, 0.5) is 5.69 Å². The van der Waals surface area contributed by atoms with Gasteiger partial charge in [0.15, 0.2) is 0 Å². The predicted octanol–water partition coefficient (Wildman–Crippen LogP) is -0.100. The Morgan fingerprint density at radius 2 is 2.53 bits per heavy atom. The molecule has 0 saturated heterocycles. The summed E-state index contributed by atoms with van der Waals surface area (Å²) in [5.41, 5.74) is 0.600. The Labute approximate surface area is 97.0 Å². The van der Waals surface area contributed by atoms with Crippen molar-refractivity contribution in [2.75, 3.05) is 19.0 Å². The molecule has 0 unspecified atom stereocenters. The van der Waals surface area contributed by atoms with Crippen LogP contribution in [-0.2, 0) is 11.3 Å². The third-order valence-electron chi connectivity index (χ3n) is 2.05. The van der Waals surface area contributed by atoms with Gasteiger partial charge in [0.2, 0.25) is 5.82 Å². The van der Waals surface area contributed by atoms with Crippen LogP contribution in [0.5, 0.6) is 0 Å². The topological polar surface area (TPSA) is 97.7 Å². The normalized spacial score (nSPS) is 10.4. The highest BCUT2D eigenvalue weighted by Crippen LogP contribution is 2.05. The second-order valence-corrected chi connectivity index (χ2v) is 3.27. The first-order chi connectivity index (χ1) is 8.29. The number of H-pyrrole nitrogens is 1. The Morgan fingerprint density at radius 1 is 1.65 bits per heavy atom. The van der Waals surface area contributed by atoms with E-state index in [0.29, 0.717) is 18.8 Å². The Morgan fingerprint density at radius 3 is 3.24 bits per heavy atom. The largest absolute Gasteiger partial charge is 0.383 e. The van der Waals surface area contributed by atoms with E-state index in [2.05, 4.69) is 25.6 Å². The number of ether oxygens (including phenoxy) is 1. The lowest BCUT2D eigenvalue weighted by molar-refractivity contribution is 0.101. The molecule has 0 radical (unpaired) electrons. The summed E-state index contributed by atoms with van der Waals surface area (Å²) in [5, 5.41) is 12.8. The fourth-order valence-corrected chi connectivity index (χ4v) is 1.24. The molecule has 2 aromatic rings. The van der Waals surface area contributed by atoms with Crippen molar-refractivity contribution < 1.29 is 9.53 Å². The lowest BCUT2D eigenvalue weighted by atomic mass is 10.5. The van der Waals surface area contributed by atoms with Crippen molar-refractivity contribution in [2.45, 2.75) is 6.54 Å². The minimum atomic E-state index is -0.353. The fraction of sp³-hybridized carbons (Fsp3) is 0.333. The molecule has 17 heavy (non-hydrogen) atoms. The van der Waals surface area contributed by atoms with Gasteiger partial charge in [-0.2, -0.15) is 10.2 Å². The van der Waals surface area contributed by atoms with Crippen LogP contribution in [0.15, 0.2) is 18.7 Å². The van der Waals surface area contributed by atoms with Gasteiger partial charge in [-0.1, -0.05) is 0 Å². The molecule has 0 aliphatic rings. The van der Waals surface area contributed by atoms with Gasteiger partial charge in [-0.15, -0.1) is 0 Å². The molecule has 90 valence electrons. The van der Waals surface area contributed by atoms with Gasteiger partial charge in [0.05, 0.1) is 25.0 Å². The smallest absolute Gasteiger partial charge is 0.293 e. The van der Waals surface area contributed by atoms with Gasteiger partial charge >= 0.3 is 0 Å². The van der Waals surface area contributed by atoms with E-state index in [4.69, 9.17) is 4.74 Å². The van der Waals surface area contributed by atoms with Crippen LogP contribution in [0.3, 0.4) is 0 Å². The van der Waals surface area contributed by atoms with E-state index in [1.165, 1.54) is 6.33 Å². The lowest BCUT2D eigenvalue weighted by Gasteiger charge is -1.99. The third kappa shape index (κ3) is 2.88. The Balaban J connectivity index is 1.95. The van der Waals surface area contributed by atoms with Crippen LogP contribution in [0.25, 0.3) is 0 Å². The van der Waals surface area contributed by atoms with Crippen LogP contribution < -0.4 is 5.32 Å². The first kappa shape index (κ1) is 11.3. The summed E-state index contributed by atoms with van der Waals surface area (Å²) in [5.74, 6) is -0.191. The number of hydrogen-bond acceptors (Lipinski definition) is 5. The van der Waals surface area contributed by atoms with Crippen LogP contribution >= 0.6 is 0 Å². The van der Waals surface area contributed by atoms with Crippen molar-refractivity contribution in [1.82, 2.24) is 25.0 Å². The summed E-state index contributed by atoms with van der Waals surface area (Å²) in [7, 11) is 1.62. The molecule has 2 heterocycles. The number of carbonyl (C=O) groups is 1. The van der Waals surface area contributed by atoms with E-state index in [1.807, 2.05) is 0 Å². The van der Waals surface area contributed by atoms with E-state index in [1.54, 1.807) is 24.2 Å². The second kappa shape index (κ2) is 5.21. The molecule has 0 aromatic carbocycles. The van der Waals surface area contributed by atoms with Crippen molar-refractivity contribution >= 4 is 11.6 Å². The van der Waals surface area contributed by atoms with E-state index < -0.39 is 0 Å². The molecule has 2 rings (SSSR count). The number of carbonyl (C=O) groups excluding carboxylic acids is 1. The van der Waals surface area contributed by atoms with Crippen molar-refractivity contribution in [3.05, 3.63) is 24.5 Å².